The minimum Gasteiger partial charge on any atom is -0.484 e. The van der Waals surface area contributed by atoms with Gasteiger partial charge in [0.05, 0.1) is 17.5 Å². The molecule has 4 rings (SSSR count). The fourth-order valence-electron chi connectivity index (χ4n) is 3.70. The van der Waals surface area contributed by atoms with E-state index in [-0.39, 0.29) is 11.9 Å². The van der Waals surface area contributed by atoms with Crippen molar-refractivity contribution in [3.05, 3.63) is 76.4 Å². The summed E-state index contributed by atoms with van der Waals surface area (Å²) in [6, 6.07) is 11.9. The van der Waals surface area contributed by atoms with E-state index >= 15 is 0 Å². The molecule has 0 spiro atoms. The molecule has 3 nitrogen and oxygen atoms in total. The number of rotatable bonds is 3. The molecule has 0 unspecified atom stereocenters. The Bertz CT molecular complexity index is 977. The highest BCUT2D eigenvalue weighted by molar-refractivity contribution is 6.02. The fourth-order valence-corrected chi connectivity index (χ4v) is 3.70. The van der Waals surface area contributed by atoms with Gasteiger partial charge in [-0.05, 0) is 63.5 Å². The van der Waals surface area contributed by atoms with Crippen molar-refractivity contribution in [3.8, 4) is 11.5 Å². The molecule has 0 N–H and O–H groups in total. The average Bonchev–Trinajstić information content (AvgIpc) is 2.66. The molecule has 1 atom stereocenters. The summed E-state index contributed by atoms with van der Waals surface area (Å²) in [7, 11) is 0. The number of fused-ring (bicyclic) bond motifs is 3. The largest absolute Gasteiger partial charge is 0.484 e. The second-order valence-electron chi connectivity index (χ2n) is 8.32. The van der Waals surface area contributed by atoms with Crippen molar-refractivity contribution in [2.24, 2.45) is 0 Å². The van der Waals surface area contributed by atoms with Crippen LogP contribution < -0.4 is 9.47 Å². The van der Waals surface area contributed by atoms with Gasteiger partial charge in [-0.15, -0.1) is 0 Å². The maximum atomic E-state index is 13.0. The van der Waals surface area contributed by atoms with Crippen LogP contribution >= 0.6 is 0 Å². The van der Waals surface area contributed by atoms with E-state index in [4.69, 9.17) is 9.47 Å². The summed E-state index contributed by atoms with van der Waals surface area (Å²) in [5, 5.41) is 0. The monoisotopic (exact) mass is 374 g/mol. The van der Waals surface area contributed by atoms with Gasteiger partial charge in [0.1, 0.15) is 23.2 Å². The van der Waals surface area contributed by atoms with E-state index < -0.39 is 5.60 Å². The zero-order chi connectivity index (χ0) is 19.9. The molecule has 0 saturated heterocycles. The SMILES string of the molecule is CC(C)=CCc1cc2c(c3c1OC(C)(C)C=C3)O[C@@H](c1ccccc1)CC2=O. The third-order valence-corrected chi connectivity index (χ3v) is 5.19. The van der Waals surface area contributed by atoms with Gasteiger partial charge in [-0.1, -0.05) is 42.0 Å². The lowest BCUT2D eigenvalue weighted by Crippen LogP contribution is -2.29. The van der Waals surface area contributed by atoms with Crippen LogP contribution in [0.25, 0.3) is 6.08 Å². The Morgan fingerprint density at radius 3 is 2.64 bits per heavy atom. The molecular formula is C25H26O3. The van der Waals surface area contributed by atoms with E-state index in [0.717, 1.165) is 28.9 Å². The van der Waals surface area contributed by atoms with Gasteiger partial charge < -0.3 is 9.47 Å². The van der Waals surface area contributed by atoms with Gasteiger partial charge in [-0.2, -0.15) is 0 Å². The zero-order valence-electron chi connectivity index (χ0n) is 16.9. The van der Waals surface area contributed by atoms with Crippen LogP contribution in [0.4, 0.5) is 0 Å². The first-order chi connectivity index (χ1) is 13.3. The van der Waals surface area contributed by atoms with Crippen LogP contribution in [-0.4, -0.2) is 11.4 Å². The van der Waals surface area contributed by atoms with Crippen molar-refractivity contribution in [1.29, 1.82) is 0 Å². The molecule has 144 valence electrons. The second kappa shape index (κ2) is 6.97. The summed E-state index contributed by atoms with van der Waals surface area (Å²) in [5.41, 5.74) is 4.44. The Balaban J connectivity index is 1.83. The average molecular weight is 374 g/mol. The van der Waals surface area contributed by atoms with Crippen LogP contribution in [-0.2, 0) is 6.42 Å². The zero-order valence-corrected chi connectivity index (χ0v) is 16.9. The Morgan fingerprint density at radius 1 is 1.18 bits per heavy atom. The van der Waals surface area contributed by atoms with Gasteiger partial charge in [0.15, 0.2) is 5.78 Å². The molecule has 0 fully saturated rings. The Labute approximate surface area is 166 Å². The van der Waals surface area contributed by atoms with E-state index in [1.807, 2.05) is 62.4 Å². The molecule has 0 saturated carbocycles. The highest BCUT2D eigenvalue weighted by atomic mass is 16.5. The van der Waals surface area contributed by atoms with E-state index in [9.17, 15) is 4.79 Å². The molecule has 28 heavy (non-hydrogen) atoms. The predicted octanol–water partition coefficient (Wildman–Crippen LogP) is 6.09. The first-order valence-corrected chi connectivity index (χ1v) is 9.80. The third kappa shape index (κ3) is 3.49. The lowest BCUT2D eigenvalue weighted by atomic mass is 9.89. The predicted molar refractivity (Wildman–Crippen MR) is 112 cm³/mol. The molecule has 2 aromatic rings. The number of hydrogen-bond donors (Lipinski definition) is 0. The molecule has 0 radical (unpaired) electrons. The summed E-state index contributed by atoms with van der Waals surface area (Å²) in [5.74, 6) is 1.59. The highest BCUT2D eigenvalue weighted by Crippen LogP contribution is 2.46. The van der Waals surface area contributed by atoms with Crippen LogP contribution in [0.1, 0.15) is 67.3 Å². The van der Waals surface area contributed by atoms with Gasteiger partial charge in [0.25, 0.3) is 0 Å². The Morgan fingerprint density at radius 2 is 1.93 bits per heavy atom. The van der Waals surface area contributed by atoms with E-state index in [0.29, 0.717) is 17.7 Å². The minimum atomic E-state index is -0.390. The first kappa shape index (κ1) is 18.5. The number of allylic oxidation sites excluding steroid dienone is 2. The van der Waals surface area contributed by atoms with Crippen molar-refractivity contribution >= 4 is 11.9 Å². The van der Waals surface area contributed by atoms with E-state index in [2.05, 4.69) is 19.9 Å². The van der Waals surface area contributed by atoms with Crippen LogP contribution in [0.2, 0.25) is 0 Å². The summed E-state index contributed by atoms with van der Waals surface area (Å²) in [6.45, 7) is 8.23. The van der Waals surface area contributed by atoms with Crippen molar-refractivity contribution in [2.45, 2.75) is 52.2 Å². The van der Waals surface area contributed by atoms with Crippen molar-refractivity contribution < 1.29 is 14.3 Å². The number of carbonyl (C=O) groups excluding carboxylic acids is 1. The lowest BCUT2D eigenvalue weighted by molar-refractivity contribution is 0.0846. The molecular weight excluding hydrogens is 348 g/mol. The van der Waals surface area contributed by atoms with Crippen molar-refractivity contribution in [2.75, 3.05) is 0 Å². The maximum absolute atomic E-state index is 13.0. The number of Topliss-reactive ketones (excluding diaryl/α,β-unsaturated/α-hetero) is 1. The van der Waals surface area contributed by atoms with E-state index in [1.54, 1.807) is 0 Å². The molecule has 0 aromatic heterocycles. The van der Waals surface area contributed by atoms with Gasteiger partial charge in [-0.25, -0.2) is 0 Å². The number of carbonyl (C=O) groups is 1. The summed E-state index contributed by atoms with van der Waals surface area (Å²) in [6.07, 6.45) is 7.06. The van der Waals surface area contributed by atoms with Crippen molar-refractivity contribution in [3.63, 3.8) is 0 Å². The summed E-state index contributed by atoms with van der Waals surface area (Å²) < 4.78 is 12.7. The molecule has 2 aliphatic rings. The van der Waals surface area contributed by atoms with E-state index in [1.165, 1.54) is 5.57 Å². The molecule has 0 bridgehead atoms. The van der Waals surface area contributed by atoms with Gasteiger partial charge in [-0.3, -0.25) is 4.79 Å². The summed E-state index contributed by atoms with van der Waals surface area (Å²) >= 11 is 0. The molecule has 0 amide bonds. The van der Waals surface area contributed by atoms with Gasteiger partial charge in [0.2, 0.25) is 0 Å². The van der Waals surface area contributed by atoms with Crippen molar-refractivity contribution in [1.82, 2.24) is 0 Å². The normalized spacial score (nSPS) is 19.1. The van der Waals surface area contributed by atoms with Crippen LogP contribution in [0, 0.1) is 0 Å². The summed E-state index contributed by atoms with van der Waals surface area (Å²) in [4.78, 5) is 13.0. The maximum Gasteiger partial charge on any atom is 0.170 e. The standard InChI is InChI=1S/C25H26O3/c1-16(2)10-11-18-14-20-21(26)15-22(17-8-6-5-7-9-17)27-24(20)19-12-13-25(3,4)28-23(18)19/h5-10,12-14,22H,11,15H2,1-4H3/t22-/m1/s1. The number of benzene rings is 2. The smallest absolute Gasteiger partial charge is 0.170 e. The minimum absolute atomic E-state index is 0.120. The van der Waals surface area contributed by atoms with Crippen LogP contribution in [0.5, 0.6) is 11.5 Å². The highest BCUT2D eigenvalue weighted by Gasteiger charge is 2.34. The quantitative estimate of drug-likeness (QED) is 0.610. The van der Waals surface area contributed by atoms with Crippen LogP contribution in [0.3, 0.4) is 0 Å². The Kier molecular flexibility index (Phi) is 4.62. The third-order valence-electron chi connectivity index (χ3n) is 5.19. The number of ether oxygens (including phenoxy) is 2. The Hall–Kier alpha value is -2.81. The number of hydrogen-bond acceptors (Lipinski definition) is 3. The fraction of sp³-hybridized carbons (Fsp3) is 0.320. The molecule has 3 heteroatoms. The van der Waals surface area contributed by atoms with Gasteiger partial charge in [0, 0.05) is 0 Å². The molecule has 0 aliphatic carbocycles. The molecule has 2 aromatic carbocycles. The number of ketones is 1. The van der Waals surface area contributed by atoms with Crippen LogP contribution in [0.15, 0.2) is 54.1 Å². The lowest BCUT2D eigenvalue weighted by Gasteiger charge is -2.34. The van der Waals surface area contributed by atoms with Gasteiger partial charge >= 0.3 is 0 Å². The molecule has 2 heterocycles. The second-order valence-corrected chi connectivity index (χ2v) is 8.32. The molecule has 2 aliphatic heterocycles. The topological polar surface area (TPSA) is 35.5 Å². The first-order valence-electron chi connectivity index (χ1n) is 9.80.